The second-order valence-corrected chi connectivity index (χ2v) is 27.0. The third-order valence-corrected chi connectivity index (χ3v) is 15.0. The standard InChI is InChI=1S/C11H10F3NO2S.C11H9F3O3.C11H11F3O.C8H17N3.C7H17N.C6H5NO2.C4H4F3NO2S.C4H9NO2.C2H4N4OS.2C2H6.CH5N/c1-5-10(6-2,7(16)11(12,13)14)9(3,4)8(17)15-18;1-5-10(6-2,7(15)11(12,13)14)9(3,4)8(16)17;1-6-10(7-2,9(3,4)5)8(15)11(12,13)14;1-7(2,3)8(4,5)6-10-11-9;1-6(2,3)7(4,5)8;1-3-6(7,4-2)5(8)9;5-4(6,7)2(9)1-3(10)8-11;1-4(2,5)3(6)7;3-6-4-1-2(7)5-8;3*1-2/h1-2,18H,3-4H3,(H,15,17);1-2H,3-4H3,(H,16,17);1-2H,3-5H3;6H2,1-5H3;8H2,1-5H3;1-2H,7H2,(H,8,9);11H,1H2,(H,8,10);5H2,1-2H3,(H,6,7);8H,1H2,(H,5,7);2*1-2H3;2H2,1H3. The van der Waals surface area contributed by atoms with Gasteiger partial charge in [-0.1, -0.05) is 200 Å². The number of halogens is 12. The lowest BCUT2D eigenvalue weighted by molar-refractivity contribution is -0.184. The van der Waals surface area contributed by atoms with Crippen molar-refractivity contribution in [2.75, 3.05) is 20.1 Å². The molecule has 14 N–H and O–H groups in total. The zero-order chi connectivity index (χ0) is 92.5. The Hall–Kier alpha value is -9.35. The van der Waals surface area contributed by atoms with Crippen LogP contribution in [-0.2, 0) is 47.9 Å². The lowest BCUT2D eigenvalue weighted by Gasteiger charge is -2.37. The summed E-state index contributed by atoms with van der Waals surface area (Å²) in [6.45, 7) is 40.5. The van der Waals surface area contributed by atoms with Gasteiger partial charge < -0.3 is 46.7 Å². The van der Waals surface area contributed by atoms with E-state index in [1.165, 1.54) is 53.5 Å². The number of thiol groups is 3. The summed E-state index contributed by atoms with van der Waals surface area (Å²) in [7, 11) is 1.50. The maximum absolute atomic E-state index is 12.5. The van der Waals surface area contributed by atoms with Crippen molar-refractivity contribution in [1.29, 1.82) is 0 Å². The Bertz CT molecular complexity index is 3410. The van der Waals surface area contributed by atoms with E-state index >= 15 is 0 Å². The summed E-state index contributed by atoms with van der Waals surface area (Å²) in [4.78, 5) is 112. The van der Waals surface area contributed by atoms with Crippen LogP contribution in [0.4, 0.5) is 52.7 Å². The Kier molecular flexibility index (Phi) is 61.8. The van der Waals surface area contributed by atoms with Crippen molar-refractivity contribution in [3.05, 3.63) is 20.9 Å². The zero-order valence-corrected chi connectivity index (χ0v) is 68.2. The molecule has 0 aromatic heterocycles. The van der Waals surface area contributed by atoms with Crippen molar-refractivity contribution in [2.24, 2.45) is 81.9 Å². The number of alkyl halides is 12. The molecule has 0 spiro atoms. The molecule has 0 aliphatic rings. The van der Waals surface area contributed by atoms with Crippen LogP contribution in [0.25, 0.3) is 20.9 Å². The average molecular weight is 1650 g/mol. The third kappa shape index (κ3) is 45.0. The first-order chi connectivity index (χ1) is 48.8. The third-order valence-electron chi connectivity index (χ3n) is 14.3. The molecular weight excluding hydrogens is 1540 g/mol. The van der Waals surface area contributed by atoms with Crippen LogP contribution in [0.5, 0.6) is 0 Å². The van der Waals surface area contributed by atoms with E-state index in [9.17, 15) is 101 Å². The first-order valence-electron chi connectivity index (χ1n) is 30.5. The molecule has 0 atom stereocenters. The number of ketones is 4. The van der Waals surface area contributed by atoms with Gasteiger partial charge in [0.1, 0.15) is 12.1 Å². The van der Waals surface area contributed by atoms with E-state index in [1.807, 2.05) is 51.0 Å². The van der Waals surface area contributed by atoms with Gasteiger partial charge in [-0.2, -0.15) is 52.7 Å². The Morgan fingerprint density at radius 1 is 0.409 bits per heavy atom. The highest BCUT2D eigenvalue weighted by molar-refractivity contribution is 7.79. The van der Waals surface area contributed by atoms with Gasteiger partial charge in [-0.15, -0.1) is 51.4 Å². The minimum absolute atomic E-state index is 0.0625. The molecule has 0 saturated heterocycles. The summed E-state index contributed by atoms with van der Waals surface area (Å²) >= 11 is 10.0. The Morgan fingerprint density at radius 2 is 0.673 bits per heavy atom. The number of nitrogens with zero attached hydrogens (tertiary/aromatic N) is 6. The highest BCUT2D eigenvalue weighted by Crippen LogP contribution is 2.46. The van der Waals surface area contributed by atoms with E-state index in [-0.39, 0.29) is 28.3 Å². The molecule has 0 fully saturated rings. The number of azide groups is 2. The van der Waals surface area contributed by atoms with Crippen LogP contribution in [0.2, 0.25) is 0 Å². The van der Waals surface area contributed by atoms with Gasteiger partial charge in [-0.05, 0) is 95.2 Å². The molecule has 3 amide bonds. The first-order valence-corrected chi connectivity index (χ1v) is 31.8. The fourth-order valence-corrected chi connectivity index (χ4v) is 5.15. The average Bonchev–Trinajstić information content (AvgIpc) is 0.763. The summed E-state index contributed by atoms with van der Waals surface area (Å²) in [6, 6.07) is 0. The Morgan fingerprint density at radius 3 is 0.818 bits per heavy atom. The molecule has 0 rings (SSSR count). The summed E-state index contributed by atoms with van der Waals surface area (Å²) in [6.07, 6.45) is 17.4. The maximum atomic E-state index is 12.5. The number of nitrogens with two attached hydrogens (primary N) is 4. The van der Waals surface area contributed by atoms with E-state index in [4.69, 9.17) is 95.0 Å². The molecule has 0 aliphatic carbocycles. The van der Waals surface area contributed by atoms with Crippen LogP contribution in [0, 0.1) is 147 Å². The van der Waals surface area contributed by atoms with E-state index in [0.717, 1.165) is 27.7 Å². The van der Waals surface area contributed by atoms with Gasteiger partial charge in [-0.3, -0.25) is 48.9 Å². The summed E-state index contributed by atoms with van der Waals surface area (Å²) in [5.41, 5.74) is 20.4. The molecule has 0 bridgehead atoms. The van der Waals surface area contributed by atoms with Crippen molar-refractivity contribution < 1.29 is 116 Å². The van der Waals surface area contributed by atoms with Gasteiger partial charge in [0.25, 0.3) is 17.3 Å². The minimum atomic E-state index is -5.30. The molecule has 0 radical (unpaired) electrons. The highest BCUT2D eigenvalue weighted by atomic mass is 32.1. The molecular formula is C69H103F12N13O13S3. The van der Waals surface area contributed by atoms with Crippen LogP contribution < -0.4 is 37.1 Å². The Balaban J connectivity index is -0.0000000989. The lowest BCUT2D eigenvalue weighted by atomic mass is 9.63. The number of carboxylic acid groups (broad SMARTS) is 3. The SMILES string of the molecule is C#CC(C#C)(C(=O)C(F)(F)F)C(C)(C)C.C#CC(C#C)(C(=O)C(F)(F)F)C(C)(C)C(=O)NS.C#CC(C#C)(C(=O)C(F)(F)F)C(C)(C)C(=O)O.C#CC(N)(C#C)C(=O)O.CC.CC.CC(C)(C)C(C)(C)CN=[N+]=[N-].CC(C)(C)C(C)(C)N.CC(C)(N)C(=O)O.CN.O=C(CC(=O)C(F)(F)F)NS.[N-]=[N+]=NCC(=O)NS. The van der Waals surface area contributed by atoms with Crippen LogP contribution in [0.15, 0.2) is 10.2 Å². The lowest BCUT2D eigenvalue weighted by Crippen LogP contribution is -2.54. The first kappa shape index (κ1) is 127. The molecule has 26 nitrogen and oxygen atoms in total. The van der Waals surface area contributed by atoms with E-state index in [1.54, 1.807) is 40.2 Å². The molecule has 0 saturated carbocycles. The van der Waals surface area contributed by atoms with Crippen molar-refractivity contribution in [3.63, 3.8) is 0 Å². The molecule has 0 heterocycles. The smallest absolute Gasteiger partial charge is 0.452 e. The number of carbonyl (C=O) groups is 10. The molecule has 0 aliphatic heterocycles. The number of terminal acetylenes is 8. The minimum Gasteiger partial charge on any atom is -0.481 e. The van der Waals surface area contributed by atoms with Crippen molar-refractivity contribution in [3.8, 4) is 98.8 Å². The van der Waals surface area contributed by atoms with Crippen molar-refractivity contribution in [1.82, 2.24) is 14.2 Å². The molecule has 110 heavy (non-hydrogen) atoms. The van der Waals surface area contributed by atoms with Gasteiger partial charge in [0.15, 0.2) is 16.2 Å². The quantitative estimate of drug-likeness (QED) is 0.0138. The number of hydrogen-bond donors (Lipinski definition) is 13. The van der Waals surface area contributed by atoms with E-state index in [2.05, 4.69) is 120 Å². The van der Waals surface area contributed by atoms with Gasteiger partial charge in [0.2, 0.25) is 29.0 Å². The fraction of sp³-hybridized carbons (Fsp3) is 0.623. The van der Waals surface area contributed by atoms with Crippen molar-refractivity contribution >= 4 is 97.2 Å². The van der Waals surface area contributed by atoms with Crippen LogP contribution in [-0.4, -0.2) is 136 Å². The predicted octanol–water partition coefficient (Wildman–Crippen LogP) is 11.6. The van der Waals surface area contributed by atoms with Gasteiger partial charge in [0, 0.05) is 21.9 Å². The second kappa shape index (κ2) is 53.5. The number of aliphatic carboxylic acids is 3. The highest BCUT2D eigenvalue weighted by Gasteiger charge is 2.63. The normalized spacial score (nSPS) is 11.2. The van der Waals surface area contributed by atoms with E-state index in [0.29, 0.717) is 6.54 Å². The molecule has 0 unspecified atom stereocenters. The number of amides is 3. The van der Waals surface area contributed by atoms with Crippen molar-refractivity contribution in [2.45, 2.75) is 207 Å². The maximum Gasteiger partial charge on any atom is 0.452 e. The number of nitrogens with one attached hydrogen (secondary N) is 3. The van der Waals surface area contributed by atoms with Crippen LogP contribution in [0.3, 0.4) is 0 Å². The zero-order valence-electron chi connectivity index (χ0n) is 65.5. The van der Waals surface area contributed by atoms with Crippen LogP contribution in [0.1, 0.15) is 166 Å². The number of Topliss-reactive ketones (excluding diaryl/α,β-unsaturated/α-hetero) is 4. The summed E-state index contributed by atoms with van der Waals surface area (Å²) in [5, 5.41) is 31.7. The topological polar surface area (TPSA) is 469 Å². The largest absolute Gasteiger partial charge is 0.481 e. The van der Waals surface area contributed by atoms with Gasteiger partial charge in [0.05, 0.1) is 17.3 Å². The molecule has 624 valence electrons. The summed E-state index contributed by atoms with van der Waals surface area (Å²) in [5.74, 6) is -2.01. The monoisotopic (exact) mass is 1650 g/mol. The summed E-state index contributed by atoms with van der Waals surface area (Å²) < 4.78 is 151. The number of carboxylic acids is 3. The van der Waals surface area contributed by atoms with Crippen LogP contribution >= 0.6 is 38.4 Å². The van der Waals surface area contributed by atoms with Gasteiger partial charge in [-0.25, -0.2) is 4.79 Å². The Labute approximate surface area is 653 Å². The molecule has 0 aromatic rings. The predicted molar refractivity (Wildman–Crippen MR) is 405 cm³/mol. The molecule has 41 heteroatoms. The number of carbonyl (C=O) groups excluding carboxylic acids is 7. The number of rotatable bonds is 15. The fourth-order valence-electron chi connectivity index (χ4n) is 4.72. The second-order valence-electron chi connectivity index (χ2n) is 26.3. The van der Waals surface area contributed by atoms with Gasteiger partial charge >= 0.3 is 42.6 Å². The number of hydrogen-bond acceptors (Lipinski definition) is 19. The van der Waals surface area contributed by atoms with E-state index < -0.39 is 133 Å². The molecule has 0 aromatic carbocycles.